The number of ether oxygens (including phenoxy) is 1. The largest absolute Gasteiger partial charge is 0.483 e. The fraction of sp³-hybridized carbons (Fsp3) is 0.217. The number of hydrogen-bond donors (Lipinski definition) is 2. The first kappa shape index (κ1) is 23.6. The smallest absolute Gasteiger partial charge is 0.264 e. The lowest BCUT2D eigenvalue weighted by Crippen LogP contribution is -2.37. The van der Waals surface area contributed by atoms with Crippen LogP contribution in [0.2, 0.25) is 0 Å². The SMILES string of the molecule is CCN(CC)S(=O)(=O)c1ccc(NC(=S)NC(=O)COc2cccc3ccccc23)cc1. The maximum Gasteiger partial charge on any atom is 0.264 e. The fourth-order valence-corrected chi connectivity index (χ4v) is 4.90. The van der Waals surface area contributed by atoms with E-state index >= 15 is 0 Å². The Morgan fingerprint density at radius 1 is 0.969 bits per heavy atom. The Kier molecular flexibility index (Phi) is 7.79. The number of carbonyl (C=O) groups is 1. The summed E-state index contributed by atoms with van der Waals surface area (Å²) in [6.45, 7) is 4.19. The second-order valence-electron chi connectivity index (χ2n) is 6.88. The summed E-state index contributed by atoms with van der Waals surface area (Å²) in [5.74, 6) is 0.207. The minimum Gasteiger partial charge on any atom is -0.483 e. The molecule has 0 atom stereocenters. The molecule has 3 aromatic rings. The van der Waals surface area contributed by atoms with Crippen LogP contribution in [0.25, 0.3) is 10.8 Å². The molecule has 0 heterocycles. The van der Waals surface area contributed by atoms with Crippen LogP contribution in [0.5, 0.6) is 5.75 Å². The molecule has 9 heteroatoms. The van der Waals surface area contributed by atoms with E-state index in [9.17, 15) is 13.2 Å². The molecule has 0 bridgehead atoms. The Morgan fingerprint density at radius 2 is 1.62 bits per heavy atom. The van der Waals surface area contributed by atoms with Crippen molar-refractivity contribution in [3.63, 3.8) is 0 Å². The number of amides is 1. The second kappa shape index (κ2) is 10.5. The van der Waals surface area contributed by atoms with E-state index in [4.69, 9.17) is 17.0 Å². The van der Waals surface area contributed by atoms with Gasteiger partial charge < -0.3 is 10.1 Å². The summed E-state index contributed by atoms with van der Waals surface area (Å²) in [5.41, 5.74) is 0.559. The first-order chi connectivity index (χ1) is 15.3. The highest BCUT2D eigenvalue weighted by Gasteiger charge is 2.21. The third-order valence-corrected chi connectivity index (χ3v) is 7.08. The zero-order valence-corrected chi connectivity index (χ0v) is 19.5. The van der Waals surface area contributed by atoms with Gasteiger partial charge in [0.2, 0.25) is 10.0 Å². The van der Waals surface area contributed by atoms with E-state index in [1.807, 2.05) is 36.4 Å². The zero-order valence-electron chi connectivity index (χ0n) is 17.9. The second-order valence-corrected chi connectivity index (χ2v) is 9.23. The molecule has 3 rings (SSSR count). The van der Waals surface area contributed by atoms with Crippen LogP contribution in [-0.4, -0.2) is 43.4 Å². The number of carbonyl (C=O) groups excluding carboxylic acids is 1. The number of fused-ring (bicyclic) bond motifs is 1. The number of nitrogens with zero attached hydrogens (tertiary/aromatic N) is 1. The molecule has 0 aliphatic rings. The molecule has 32 heavy (non-hydrogen) atoms. The first-order valence-corrected chi connectivity index (χ1v) is 12.0. The summed E-state index contributed by atoms with van der Waals surface area (Å²) < 4.78 is 32.1. The molecular weight excluding hydrogens is 446 g/mol. The minimum absolute atomic E-state index is 0.0934. The van der Waals surface area contributed by atoms with Crippen LogP contribution in [0.3, 0.4) is 0 Å². The van der Waals surface area contributed by atoms with Crippen molar-refractivity contribution in [2.45, 2.75) is 18.7 Å². The normalized spacial score (nSPS) is 11.3. The van der Waals surface area contributed by atoms with Gasteiger partial charge in [0.1, 0.15) is 5.75 Å². The minimum atomic E-state index is -3.53. The number of sulfonamides is 1. The van der Waals surface area contributed by atoms with Gasteiger partial charge in [-0.25, -0.2) is 8.42 Å². The average molecular weight is 472 g/mol. The number of anilines is 1. The highest BCUT2D eigenvalue weighted by atomic mass is 32.2. The quantitative estimate of drug-likeness (QED) is 0.487. The molecule has 0 radical (unpaired) electrons. The van der Waals surface area contributed by atoms with Crippen molar-refractivity contribution in [2.75, 3.05) is 25.0 Å². The van der Waals surface area contributed by atoms with Crippen LogP contribution in [0.15, 0.2) is 71.6 Å². The number of benzene rings is 3. The molecule has 0 saturated carbocycles. The van der Waals surface area contributed by atoms with Crippen molar-refractivity contribution in [3.05, 3.63) is 66.7 Å². The van der Waals surface area contributed by atoms with Gasteiger partial charge in [0.25, 0.3) is 5.91 Å². The number of hydrogen-bond acceptors (Lipinski definition) is 5. The van der Waals surface area contributed by atoms with Gasteiger partial charge in [-0.05, 0) is 47.9 Å². The summed E-state index contributed by atoms with van der Waals surface area (Å²) in [4.78, 5) is 12.4. The molecule has 0 saturated heterocycles. The van der Waals surface area contributed by atoms with E-state index in [1.54, 1.807) is 32.0 Å². The van der Waals surface area contributed by atoms with Crippen LogP contribution >= 0.6 is 12.2 Å². The Morgan fingerprint density at radius 3 is 2.31 bits per heavy atom. The topological polar surface area (TPSA) is 87.7 Å². The van der Waals surface area contributed by atoms with Crippen LogP contribution < -0.4 is 15.4 Å². The molecular formula is C23H25N3O4S2. The predicted octanol–water partition coefficient (Wildman–Crippen LogP) is 3.76. The third-order valence-electron chi connectivity index (χ3n) is 4.82. The molecule has 2 N–H and O–H groups in total. The van der Waals surface area contributed by atoms with Gasteiger partial charge in [0.05, 0.1) is 4.90 Å². The van der Waals surface area contributed by atoms with Crippen LogP contribution in [0, 0.1) is 0 Å². The summed E-state index contributed by atoms with van der Waals surface area (Å²) >= 11 is 5.18. The van der Waals surface area contributed by atoms with Crippen LogP contribution in [0.1, 0.15) is 13.8 Å². The fourth-order valence-electron chi connectivity index (χ4n) is 3.21. The van der Waals surface area contributed by atoms with Crippen molar-refractivity contribution in [1.82, 2.24) is 9.62 Å². The average Bonchev–Trinajstić information content (AvgIpc) is 2.78. The van der Waals surface area contributed by atoms with E-state index < -0.39 is 15.9 Å². The number of thiocarbonyl (C=S) groups is 1. The Balaban J connectivity index is 1.55. The molecule has 0 aliphatic heterocycles. The van der Waals surface area contributed by atoms with E-state index in [0.29, 0.717) is 24.5 Å². The highest BCUT2D eigenvalue weighted by molar-refractivity contribution is 7.89. The lowest BCUT2D eigenvalue weighted by Gasteiger charge is -2.18. The maximum absolute atomic E-state index is 12.6. The molecule has 0 unspecified atom stereocenters. The lowest BCUT2D eigenvalue weighted by atomic mass is 10.1. The first-order valence-electron chi connectivity index (χ1n) is 10.2. The van der Waals surface area contributed by atoms with Crippen molar-refractivity contribution < 1.29 is 17.9 Å². The molecule has 0 aliphatic carbocycles. The highest BCUT2D eigenvalue weighted by Crippen LogP contribution is 2.25. The Hall–Kier alpha value is -3.01. The Labute approximate surface area is 193 Å². The molecule has 168 valence electrons. The summed E-state index contributed by atoms with van der Waals surface area (Å²) in [6, 6.07) is 19.6. The van der Waals surface area contributed by atoms with E-state index in [2.05, 4.69) is 10.6 Å². The van der Waals surface area contributed by atoms with E-state index in [1.165, 1.54) is 16.4 Å². The molecule has 7 nitrogen and oxygen atoms in total. The van der Waals surface area contributed by atoms with Crippen molar-refractivity contribution in [1.29, 1.82) is 0 Å². The lowest BCUT2D eigenvalue weighted by molar-refractivity contribution is -0.121. The van der Waals surface area contributed by atoms with Crippen molar-refractivity contribution in [3.8, 4) is 5.75 Å². The molecule has 0 spiro atoms. The molecule has 1 amide bonds. The van der Waals surface area contributed by atoms with E-state index in [0.717, 1.165) is 10.8 Å². The molecule has 0 fully saturated rings. The van der Waals surface area contributed by atoms with Gasteiger partial charge in [0, 0.05) is 24.2 Å². The van der Waals surface area contributed by atoms with Gasteiger partial charge in [-0.3, -0.25) is 10.1 Å². The molecule has 0 aromatic heterocycles. The van der Waals surface area contributed by atoms with Gasteiger partial charge in [0.15, 0.2) is 11.7 Å². The maximum atomic E-state index is 12.6. The standard InChI is InChI=1S/C23H25N3O4S2/c1-3-26(4-2)32(28,29)19-14-12-18(13-15-19)24-23(31)25-22(27)16-30-21-11-7-9-17-8-5-6-10-20(17)21/h5-15H,3-4,16H2,1-2H3,(H2,24,25,27,31). The van der Waals surface area contributed by atoms with Gasteiger partial charge in [-0.15, -0.1) is 0 Å². The van der Waals surface area contributed by atoms with Gasteiger partial charge in [-0.1, -0.05) is 50.2 Å². The zero-order chi connectivity index (χ0) is 23.1. The molecule has 3 aromatic carbocycles. The van der Waals surface area contributed by atoms with Crippen molar-refractivity contribution in [2.24, 2.45) is 0 Å². The summed E-state index contributed by atoms with van der Waals surface area (Å²) in [7, 11) is -3.53. The number of nitrogens with one attached hydrogen (secondary N) is 2. The van der Waals surface area contributed by atoms with Gasteiger partial charge >= 0.3 is 0 Å². The third kappa shape index (κ3) is 5.61. The monoisotopic (exact) mass is 471 g/mol. The summed E-state index contributed by atoms with van der Waals surface area (Å²) in [6.07, 6.45) is 0. The van der Waals surface area contributed by atoms with Crippen LogP contribution in [-0.2, 0) is 14.8 Å². The Bertz CT molecular complexity index is 1200. The van der Waals surface area contributed by atoms with Crippen LogP contribution in [0.4, 0.5) is 5.69 Å². The van der Waals surface area contributed by atoms with Crippen molar-refractivity contribution >= 4 is 49.7 Å². The van der Waals surface area contributed by atoms with E-state index in [-0.39, 0.29) is 16.6 Å². The van der Waals surface area contributed by atoms with Gasteiger partial charge in [-0.2, -0.15) is 4.31 Å². The predicted molar refractivity (Wildman–Crippen MR) is 130 cm³/mol. The summed E-state index contributed by atoms with van der Waals surface area (Å²) in [5, 5.41) is 7.47. The number of rotatable bonds is 8.